The molecule has 0 fully saturated rings. The highest BCUT2D eigenvalue weighted by Gasteiger charge is 2.45. The minimum absolute atomic E-state index is 0.545. The first-order valence-electron chi connectivity index (χ1n) is 23.7. The average molecular weight is 881 g/mol. The molecule has 0 amide bonds. The molecule has 69 heavy (non-hydrogen) atoms. The molecule has 0 unspecified atom stereocenters. The van der Waals surface area contributed by atoms with Gasteiger partial charge in [0.1, 0.15) is 0 Å². The van der Waals surface area contributed by atoms with Crippen LogP contribution in [0.3, 0.4) is 0 Å². The lowest BCUT2D eigenvalue weighted by Gasteiger charge is -2.34. The number of hydrogen-bond donors (Lipinski definition) is 0. The lowest BCUT2D eigenvalue weighted by molar-refractivity contribution is 0.771. The molecule has 0 spiro atoms. The van der Waals surface area contributed by atoms with E-state index in [-0.39, 0.29) is 0 Å². The summed E-state index contributed by atoms with van der Waals surface area (Å²) < 4.78 is 0. The Hall–Kier alpha value is -8.98. The van der Waals surface area contributed by atoms with E-state index in [9.17, 15) is 0 Å². The molecular weight excluding hydrogens is 833 g/mol. The molecule has 1 aliphatic rings. The summed E-state index contributed by atoms with van der Waals surface area (Å²) in [6.45, 7) is 0. The van der Waals surface area contributed by atoms with Gasteiger partial charge in [-0.2, -0.15) is 0 Å². The number of anilines is 6. The molecular formula is C67H48N2. The maximum absolute atomic E-state index is 2.45. The molecule has 0 bridgehead atoms. The third-order valence-corrected chi connectivity index (χ3v) is 13.6. The Kier molecular flexibility index (Phi) is 10.8. The van der Waals surface area contributed by atoms with Crippen LogP contribution in [0.1, 0.15) is 44.5 Å². The smallest absolute Gasteiger partial charge is 0.0714 e. The maximum Gasteiger partial charge on any atom is 0.0714 e. The van der Waals surface area contributed by atoms with Crippen molar-refractivity contribution in [1.29, 1.82) is 0 Å². The second-order valence-corrected chi connectivity index (χ2v) is 17.7. The standard InChI is InChI=1S/C67H48N2/c1-7-19-55(20-8-1)67(56-21-9-2-10-22-56)63-47-51(33-31-49-35-41-61(42-36-49)68(57-23-11-3-12-24-57)58-25-13-4-14-26-58)45-53-39-40-54-46-52(48-64(67)66(54)65(53)63)34-32-50-37-43-62(44-38-50)69(59-27-15-5-16-28-59)60-29-17-6-18-30-60/h1-48H/b33-31+,34-32+. The van der Waals surface area contributed by atoms with Gasteiger partial charge in [0, 0.05) is 34.1 Å². The van der Waals surface area contributed by atoms with Crippen LogP contribution in [0.25, 0.3) is 45.8 Å². The van der Waals surface area contributed by atoms with Crippen molar-refractivity contribution in [2.45, 2.75) is 5.41 Å². The molecule has 11 aromatic carbocycles. The maximum atomic E-state index is 2.45. The second-order valence-electron chi connectivity index (χ2n) is 17.7. The van der Waals surface area contributed by atoms with Gasteiger partial charge in [-0.15, -0.1) is 0 Å². The van der Waals surface area contributed by atoms with E-state index in [1.54, 1.807) is 0 Å². The Labute approximate surface area is 404 Å². The van der Waals surface area contributed by atoms with Crippen LogP contribution < -0.4 is 9.80 Å². The molecule has 0 saturated heterocycles. The third-order valence-electron chi connectivity index (χ3n) is 13.6. The summed E-state index contributed by atoms with van der Waals surface area (Å²) >= 11 is 0. The van der Waals surface area contributed by atoms with Crippen LogP contribution >= 0.6 is 0 Å². The normalized spacial score (nSPS) is 12.6. The molecule has 0 N–H and O–H groups in total. The largest absolute Gasteiger partial charge is 0.311 e. The molecule has 0 aliphatic heterocycles. The van der Waals surface area contributed by atoms with Crippen molar-refractivity contribution in [3.8, 4) is 0 Å². The summed E-state index contributed by atoms with van der Waals surface area (Å²) in [7, 11) is 0. The van der Waals surface area contributed by atoms with E-state index in [2.05, 4.69) is 301 Å². The molecule has 12 rings (SSSR count). The summed E-state index contributed by atoms with van der Waals surface area (Å²) in [5, 5.41) is 5.14. The van der Waals surface area contributed by atoms with E-state index in [4.69, 9.17) is 0 Å². The van der Waals surface area contributed by atoms with E-state index in [1.807, 2.05) is 0 Å². The molecule has 11 aromatic rings. The molecule has 0 atom stereocenters. The molecule has 0 aromatic heterocycles. The van der Waals surface area contributed by atoms with Crippen LogP contribution in [0.5, 0.6) is 0 Å². The third kappa shape index (κ3) is 7.68. The van der Waals surface area contributed by atoms with Crippen LogP contribution in [0.15, 0.2) is 267 Å². The monoisotopic (exact) mass is 880 g/mol. The van der Waals surface area contributed by atoms with E-state index < -0.39 is 5.41 Å². The lowest BCUT2D eigenvalue weighted by atomic mass is 9.67. The minimum Gasteiger partial charge on any atom is -0.311 e. The first-order chi connectivity index (χ1) is 34.2. The Morgan fingerprint density at radius 3 is 0.841 bits per heavy atom. The van der Waals surface area contributed by atoms with E-state index in [1.165, 1.54) is 54.9 Å². The van der Waals surface area contributed by atoms with Crippen molar-refractivity contribution in [2.75, 3.05) is 9.80 Å². The molecule has 2 heteroatoms. The van der Waals surface area contributed by atoms with Crippen molar-refractivity contribution in [1.82, 2.24) is 0 Å². The van der Waals surface area contributed by atoms with Gasteiger partial charge in [-0.3, -0.25) is 0 Å². The summed E-state index contributed by atoms with van der Waals surface area (Å²) in [6, 6.07) is 96.5. The quantitative estimate of drug-likeness (QED) is 0.0891. The van der Waals surface area contributed by atoms with Gasteiger partial charge in [0.2, 0.25) is 0 Å². The van der Waals surface area contributed by atoms with Crippen LogP contribution in [0.4, 0.5) is 34.1 Å². The average Bonchev–Trinajstić information content (AvgIpc) is 3.72. The predicted octanol–water partition coefficient (Wildman–Crippen LogP) is 18.0. The Bertz CT molecular complexity index is 3280. The van der Waals surface area contributed by atoms with Gasteiger partial charge in [-0.25, -0.2) is 0 Å². The molecule has 0 radical (unpaired) electrons. The second kappa shape index (κ2) is 18.0. The number of para-hydroxylation sites is 4. The highest BCUT2D eigenvalue weighted by atomic mass is 15.1. The Balaban J connectivity index is 0.926. The van der Waals surface area contributed by atoms with Crippen molar-refractivity contribution in [2.24, 2.45) is 0 Å². The van der Waals surface area contributed by atoms with Gasteiger partial charge >= 0.3 is 0 Å². The van der Waals surface area contributed by atoms with E-state index in [0.717, 1.165) is 45.3 Å². The molecule has 326 valence electrons. The van der Waals surface area contributed by atoms with Crippen LogP contribution in [0.2, 0.25) is 0 Å². The van der Waals surface area contributed by atoms with Crippen molar-refractivity contribution in [3.05, 3.63) is 311 Å². The van der Waals surface area contributed by atoms with Gasteiger partial charge in [0.05, 0.1) is 5.41 Å². The number of nitrogens with zero attached hydrogens (tertiary/aromatic N) is 2. The first-order valence-corrected chi connectivity index (χ1v) is 23.7. The predicted molar refractivity (Wildman–Crippen MR) is 293 cm³/mol. The van der Waals surface area contributed by atoms with Crippen LogP contribution in [-0.4, -0.2) is 0 Å². The fourth-order valence-electron chi connectivity index (χ4n) is 10.5. The Morgan fingerprint density at radius 1 is 0.246 bits per heavy atom. The zero-order valence-electron chi connectivity index (χ0n) is 38.1. The number of hydrogen-bond acceptors (Lipinski definition) is 2. The van der Waals surface area contributed by atoms with Gasteiger partial charge < -0.3 is 9.80 Å². The van der Waals surface area contributed by atoms with Crippen molar-refractivity contribution in [3.63, 3.8) is 0 Å². The van der Waals surface area contributed by atoms with Crippen molar-refractivity contribution < 1.29 is 0 Å². The van der Waals surface area contributed by atoms with Gasteiger partial charge in [0.25, 0.3) is 0 Å². The minimum atomic E-state index is -0.545. The topological polar surface area (TPSA) is 6.48 Å². The summed E-state index contributed by atoms with van der Waals surface area (Å²) in [5.41, 5.74) is 15.9. The summed E-state index contributed by atoms with van der Waals surface area (Å²) in [4.78, 5) is 4.60. The SMILES string of the molecule is C(=C\c1cc2c3c(ccc4cc(/C=C/c5ccc(N(c6ccccc6)c6ccccc6)cc5)cc(c43)C2(c2ccccc2)c2ccccc2)c1)/c1ccc(N(c2ccccc2)c2ccccc2)cc1. The highest BCUT2D eigenvalue weighted by Crippen LogP contribution is 2.56. The Morgan fingerprint density at radius 2 is 0.522 bits per heavy atom. The van der Waals surface area contributed by atoms with Gasteiger partial charge in [0.15, 0.2) is 0 Å². The summed E-state index contributed by atoms with van der Waals surface area (Å²) in [6.07, 6.45) is 9.06. The zero-order valence-corrected chi connectivity index (χ0v) is 38.1. The van der Waals surface area contributed by atoms with E-state index >= 15 is 0 Å². The molecule has 1 aliphatic carbocycles. The zero-order chi connectivity index (χ0) is 46.0. The summed E-state index contributed by atoms with van der Waals surface area (Å²) in [5.74, 6) is 0. The fraction of sp³-hybridized carbons (Fsp3) is 0.0149. The van der Waals surface area contributed by atoms with Crippen LogP contribution in [0, 0.1) is 0 Å². The number of benzene rings is 11. The highest BCUT2D eigenvalue weighted by molar-refractivity contribution is 6.17. The van der Waals surface area contributed by atoms with Gasteiger partial charge in [-0.05, 0) is 163 Å². The molecule has 2 nitrogen and oxygen atoms in total. The fourth-order valence-corrected chi connectivity index (χ4v) is 10.5. The van der Waals surface area contributed by atoms with Gasteiger partial charge in [-0.1, -0.05) is 194 Å². The van der Waals surface area contributed by atoms with Crippen LogP contribution in [-0.2, 0) is 5.41 Å². The molecule has 0 heterocycles. The molecule has 0 saturated carbocycles. The lowest BCUT2D eigenvalue weighted by Crippen LogP contribution is -2.29. The van der Waals surface area contributed by atoms with E-state index in [0.29, 0.717) is 0 Å². The first kappa shape index (κ1) is 41.5. The van der Waals surface area contributed by atoms with Crippen molar-refractivity contribution >= 4 is 80.0 Å². The number of rotatable bonds is 12.